The molecule has 0 aliphatic heterocycles. The predicted octanol–water partition coefficient (Wildman–Crippen LogP) is 4.77. The topological polar surface area (TPSA) is 64.6 Å². The van der Waals surface area contributed by atoms with Gasteiger partial charge in [-0.1, -0.05) is 20.8 Å². The summed E-state index contributed by atoms with van der Waals surface area (Å²) in [6, 6.07) is 5.31. The molecule has 0 heterocycles. The molecule has 1 aromatic carbocycles. The summed E-state index contributed by atoms with van der Waals surface area (Å²) in [4.78, 5) is 21.6. The van der Waals surface area contributed by atoms with E-state index in [1.165, 1.54) is 0 Å². The predicted molar refractivity (Wildman–Crippen MR) is 104 cm³/mol. The third-order valence-corrected chi connectivity index (χ3v) is 2.88. The number of nitrogens with one attached hydrogen (secondary N) is 1. The first-order valence-electron chi connectivity index (χ1n) is 8.75. The lowest BCUT2D eigenvalue weighted by atomic mass is 10.2. The zero-order valence-electron chi connectivity index (χ0n) is 17.1. The van der Waals surface area contributed by atoms with Crippen molar-refractivity contribution >= 4 is 17.9 Å². The number of carbonyl (C=O) groups is 2. The van der Waals surface area contributed by atoms with E-state index >= 15 is 0 Å². The second-order valence-corrected chi connectivity index (χ2v) is 6.07. The van der Waals surface area contributed by atoms with E-state index in [4.69, 9.17) is 9.47 Å². The number of aryl methyl sites for hydroxylation is 1. The maximum atomic E-state index is 11.4. The van der Waals surface area contributed by atoms with E-state index in [1.807, 2.05) is 48.5 Å². The summed E-state index contributed by atoms with van der Waals surface area (Å²) in [5, 5.41) is 2.83. The first-order chi connectivity index (χ1) is 11.7. The molecule has 5 nitrogen and oxygen atoms in total. The summed E-state index contributed by atoms with van der Waals surface area (Å²) >= 11 is 0. The van der Waals surface area contributed by atoms with Crippen molar-refractivity contribution < 1.29 is 19.1 Å². The van der Waals surface area contributed by atoms with Gasteiger partial charge >= 0.3 is 0 Å². The molecule has 0 aliphatic rings. The van der Waals surface area contributed by atoms with Crippen LogP contribution in [0, 0.1) is 6.92 Å². The Morgan fingerprint density at radius 2 is 1.80 bits per heavy atom. The van der Waals surface area contributed by atoms with Crippen LogP contribution in [0.4, 0.5) is 5.69 Å². The van der Waals surface area contributed by atoms with E-state index in [2.05, 4.69) is 5.32 Å². The van der Waals surface area contributed by atoms with Crippen molar-refractivity contribution in [2.24, 2.45) is 0 Å². The van der Waals surface area contributed by atoms with E-state index in [0.29, 0.717) is 18.5 Å². The number of hydrogen-bond acceptors (Lipinski definition) is 4. The van der Waals surface area contributed by atoms with Crippen LogP contribution in [0.3, 0.4) is 0 Å². The summed E-state index contributed by atoms with van der Waals surface area (Å²) < 4.78 is 10.1. The lowest BCUT2D eigenvalue weighted by molar-refractivity contribution is -0.116. The molecule has 0 fully saturated rings. The minimum Gasteiger partial charge on any atom is -0.486 e. The van der Waals surface area contributed by atoms with Gasteiger partial charge in [0, 0.05) is 19.2 Å². The number of hydrogen-bond donors (Lipinski definition) is 1. The van der Waals surface area contributed by atoms with Crippen molar-refractivity contribution in [1.29, 1.82) is 0 Å². The fourth-order valence-corrected chi connectivity index (χ4v) is 1.44. The van der Waals surface area contributed by atoms with Crippen LogP contribution < -0.4 is 10.1 Å². The average Bonchev–Trinajstić information content (AvgIpc) is 2.57. The molecule has 0 bridgehead atoms. The molecule has 0 unspecified atom stereocenters. The smallest absolute Gasteiger partial charge is 0.224 e. The largest absolute Gasteiger partial charge is 0.486 e. The Morgan fingerprint density at radius 1 is 1.24 bits per heavy atom. The Balaban J connectivity index is 0. The normalized spacial score (nSPS) is 9.76. The zero-order chi connectivity index (χ0) is 19.9. The number of rotatable bonds is 6. The van der Waals surface area contributed by atoms with E-state index in [0.717, 1.165) is 17.7 Å². The SMILES string of the molecule is CC.CCCC(=O)Nc1ccc(OCC=O)cc1C.COC(C)(C)C. The summed E-state index contributed by atoms with van der Waals surface area (Å²) in [5.41, 5.74) is 1.74. The minimum atomic E-state index is 0.0113. The fraction of sp³-hybridized carbons (Fsp3) is 0.600. The first kappa shape index (κ1) is 25.4. The number of aldehydes is 1. The Labute approximate surface area is 153 Å². The average molecular weight is 354 g/mol. The van der Waals surface area contributed by atoms with Gasteiger partial charge in [0.1, 0.15) is 12.4 Å². The number of benzene rings is 1. The van der Waals surface area contributed by atoms with E-state index in [1.54, 1.807) is 25.3 Å². The third-order valence-electron chi connectivity index (χ3n) is 2.88. The van der Waals surface area contributed by atoms with Gasteiger partial charge in [0.25, 0.3) is 0 Å². The number of amides is 1. The van der Waals surface area contributed by atoms with Gasteiger partial charge in [0.2, 0.25) is 5.91 Å². The maximum absolute atomic E-state index is 11.4. The van der Waals surface area contributed by atoms with Crippen molar-refractivity contribution in [3.63, 3.8) is 0 Å². The van der Waals surface area contributed by atoms with E-state index < -0.39 is 0 Å². The monoisotopic (exact) mass is 353 g/mol. The highest BCUT2D eigenvalue weighted by Crippen LogP contribution is 2.21. The molecule has 1 rings (SSSR count). The van der Waals surface area contributed by atoms with Gasteiger partial charge in [-0.3, -0.25) is 9.59 Å². The molecule has 1 amide bonds. The van der Waals surface area contributed by atoms with Crippen molar-refractivity contribution in [2.75, 3.05) is 19.0 Å². The van der Waals surface area contributed by atoms with Crippen molar-refractivity contribution in [3.8, 4) is 5.75 Å². The van der Waals surface area contributed by atoms with Crippen LogP contribution in [-0.4, -0.2) is 31.5 Å². The molecule has 0 radical (unpaired) electrons. The van der Waals surface area contributed by atoms with Crippen molar-refractivity contribution in [1.82, 2.24) is 0 Å². The van der Waals surface area contributed by atoms with Gasteiger partial charge in [-0.15, -0.1) is 0 Å². The minimum absolute atomic E-state index is 0.0113. The Morgan fingerprint density at radius 3 is 2.20 bits per heavy atom. The van der Waals surface area contributed by atoms with Crippen LogP contribution in [0.15, 0.2) is 18.2 Å². The zero-order valence-corrected chi connectivity index (χ0v) is 17.1. The maximum Gasteiger partial charge on any atom is 0.224 e. The molecular formula is C20H35NO4. The Hall–Kier alpha value is -1.88. The Kier molecular flexibility index (Phi) is 14.7. The lowest BCUT2D eigenvalue weighted by Crippen LogP contribution is -2.15. The van der Waals surface area contributed by atoms with Crippen LogP contribution in [0.5, 0.6) is 5.75 Å². The van der Waals surface area contributed by atoms with Crippen LogP contribution >= 0.6 is 0 Å². The van der Waals surface area contributed by atoms with Gasteiger partial charge in [0.15, 0.2) is 6.29 Å². The van der Waals surface area contributed by atoms with Gasteiger partial charge in [-0.2, -0.15) is 0 Å². The summed E-state index contributed by atoms with van der Waals surface area (Å²) in [6.45, 7) is 14.0. The molecule has 25 heavy (non-hydrogen) atoms. The molecular weight excluding hydrogens is 318 g/mol. The molecule has 0 atom stereocenters. The van der Waals surface area contributed by atoms with Crippen LogP contribution in [0.25, 0.3) is 0 Å². The van der Waals surface area contributed by atoms with Crippen molar-refractivity contribution in [2.45, 2.75) is 66.9 Å². The van der Waals surface area contributed by atoms with Crippen LogP contribution in [0.2, 0.25) is 0 Å². The molecule has 5 heteroatoms. The fourth-order valence-electron chi connectivity index (χ4n) is 1.44. The molecule has 1 aromatic rings. The summed E-state index contributed by atoms with van der Waals surface area (Å²) in [6.07, 6.45) is 2.04. The molecule has 1 N–H and O–H groups in total. The molecule has 0 spiro atoms. The van der Waals surface area contributed by atoms with Gasteiger partial charge in [-0.25, -0.2) is 0 Å². The number of ether oxygens (including phenoxy) is 2. The van der Waals surface area contributed by atoms with Crippen LogP contribution in [-0.2, 0) is 14.3 Å². The Bertz CT molecular complexity index is 493. The van der Waals surface area contributed by atoms with E-state index in [-0.39, 0.29) is 18.1 Å². The highest BCUT2D eigenvalue weighted by atomic mass is 16.5. The van der Waals surface area contributed by atoms with Crippen LogP contribution in [0.1, 0.15) is 59.9 Å². The van der Waals surface area contributed by atoms with E-state index in [9.17, 15) is 9.59 Å². The standard InChI is InChI=1S/C13H17NO3.C5H12O.C2H6/c1-3-4-13(16)14-12-6-5-11(9-10(12)2)17-8-7-15;1-5(2,3)6-4;1-2/h5-7,9H,3-4,8H2,1-2H3,(H,14,16);1-4H3;1-2H3. The molecule has 0 saturated heterocycles. The highest BCUT2D eigenvalue weighted by molar-refractivity contribution is 5.91. The lowest BCUT2D eigenvalue weighted by Gasteiger charge is -2.14. The van der Waals surface area contributed by atoms with Gasteiger partial charge < -0.3 is 14.8 Å². The highest BCUT2D eigenvalue weighted by Gasteiger charge is 2.05. The molecule has 0 aliphatic carbocycles. The summed E-state index contributed by atoms with van der Waals surface area (Å²) in [7, 11) is 1.71. The third kappa shape index (κ3) is 14.2. The second kappa shape index (κ2) is 14.5. The molecule has 0 aromatic heterocycles. The molecule has 0 saturated carbocycles. The second-order valence-electron chi connectivity index (χ2n) is 6.07. The van der Waals surface area contributed by atoms with Crippen molar-refractivity contribution in [3.05, 3.63) is 23.8 Å². The number of anilines is 1. The van der Waals surface area contributed by atoms with Gasteiger partial charge in [-0.05, 0) is 57.9 Å². The number of methoxy groups -OCH3 is 1. The first-order valence-corrected chi connectivity index (χ1v) is 8.75. The quantitative estimate of drug-likeness (QED) is 0.748. The number of carbonyl (C=O) groups excluding carboxylic acids is 2. The van der Waals surface area contributed by atoms with Gasteiger partial charge in [0.05, 0.1) is 5.60 Å². The molecule has 144 valence electrons. The summed E-state index contributed by atoms with van der Waals surface area (Å²) in [5.74, 6) is 0.639.